The SMILES string of the molecule is C[C@H](CCCc1ccccc1)CC[C@H](O)[C@]12[C@@H](O)CC[C@@](C)([C@H]3CC[C@]45CC[C@@H]6C[C@]7(c8ccccc8)CCCC[C@@H]7c7ccc8cccc(c8c7[C@@H]64)[C@@H]5C3)[C@@H]1[C@H](OC(=O)[C@H]1CCC[C@H](C3(c4ccccc4)CCCCC3)C1)C[C@@H](C)[C@]2(O)CCC1=CC(=O)OC1. The van der Waals surface area contributed by atoms with Crippen LogP contribution in [0.4, 0.5) is 0 Å². The molecule has 1 aliphatic heterocycles. The van der Waals surface area contributed by atoms with Crippen molar-refractivity contribution in [2.75, 3.05) is 6.61 Å². The molecule has 0 unspecified atom stereocenters. The van der Waals surface area contributed by atoms with E-state index in [9.17, 15) is 20.1 Å². The van der Waals surface area contributed by atoms with Crippen LogP contribution in [0, 0.1) is 57.7 Å². The number of aliphatic hydroxyl groups excluding tert-OH is 2. The van der Waals surface area contributed by atoms with Gasteiger partial charge in [-0.1, -0.05) is 187 Å². The molecule has 5 aromatic rings. The fourth-order valence-corrected chi connectivity index (χ4v) is 24.8. The van der Waals surface area contributed by atoms with Crippen molar-refractivity contribution in [2.45, 2.75) is 259 Å². The predicted octanol–water partition coefficient (Wildman–Crippen LogP) is 18.4. The van der Waals surface area contributed by atoms with Crippen LogP contribution in [0.5, 0.6) is 0 Å². The van der Waals surface area contributed by atoms with Gasteiger partial charge in [-0.2, -0.15) is 0 Å². The van der Waals surface area contributed by atoms with Crippen LogP contribution < -0.4 is 0 Å². The summed E-state index contributed by atoms with van der Waals surface area (Å²) in [6, 6.07) is 46.1. The van der Waals surface area contributed by atoms with Crippen LogP contribution >= 0.6 is 0 Å². The van der Waals surface area contributed by atoms with E-state index < -0.39 is 46.6 Å². The summed E-state index contributed by atoms with van der Waals surface area (Å²) in [5.74, 6) is 1.06. The van der Waals surface area contributed by atoms with E-state index in [-0.39, 0.29) is 53.0 Å². The zero-order valence-electron chi connectivity index (χ0n) is 55.3. The Morgan fingerprint density at radius 2 is 1.40 bits per heavy atom. The zero-order valence-corrected chi connectivity index (χ0v) is 55.3. The summed E-state index contributed by atoms with van der Waals surface area (Å²) < 4.78 is 13.0. The Morgan fingerprint density at radius 1 is 0.670 bits per heavy atom. The van der Waals surface area contributed by atoms with Gasteiger partial charge in [-0.15, -0.1) is 0 Å². The lowest BCUT2D eigenvalue weighted by Gasteiger charge is -2.71. The second kappa shape index (κ2) is 24.6. The predicted molar refractivity (Wildman–Crippen MR) is 362 cm³/mol. The van der Waals surface area contributed by atoms with Gasteiger partial charge in [-0.05, 0) is 255 Å². The summed E-state index contributed by atoms with van der Waals surface area (Å²) in [5.41, 5.74) is 6.79. The molecule has 5 aromatic carbocycles. The Labute approximate surface area is 544 Å². The maximum Gasteiger partial charge on any atom is 0.331 e. The standard InChI is InChI=1S/C84H106O7/c1-55(21-18-24-57-22-8-4-9-23-57)34-37-71(85)84-72(86)41-45-79(3,64-40-47-81-46-39-61-53-82(63-29-12-6-13-30-63)44-17-14-33-68(82)67-36-35-59-25-20-32-66(69(81)52-64)74(59)75(67)76(61)81)77(84)70(49-56(2)83(84,89)48-38-58-50-73(87)90-54-58)91-78(88)60-26-19-31-65(51-60)80(42-15-7-16-43-80)62-27-10-5-11-28-62/h4-6,8-13,20,22-23,25,27-30,32,35-36,50,55-56,60-61,64-65,68-72,76-77,85-86,89H,7,14-19,21,24,26,31,33-34,37-49,51-54H2,1-3H3/t55-,56-,60+,61-,64+,65+,68-,69+,70-,71+,72+,76-,77+,79+,81+,82+,83-,84+/m1/s1. The van der Waals surface area contributed by atoms with Crippen molar-refractivity contribution in [3.8, 4) is 0 Å². The number of carbonyl (C=O) groups is 2. The number of esters is 2. The van der Waals surface area contributed by atoms with Crippen LogP contribution in [0.25, 0.3) is 10.8 Å². The van der Waals surface area contributed by atoms with E-state index in [1.807, 2.05) is 0 Å². The first-order valence-electron chi connectivity index (χ1n) is 37.1. The van der Waals surface area contributed by atoms with E-state index in [0.717, 1.165) is 95.5 Å². The minimum atomic E-state index is -1.57. The number of hydrogen-bond acceptors (Lipinski definition) is 7. The van der Waals surface area contributed by atoms with Gasteiger partial charge in [0.15, 0.2) is 0 Å². The summed E-state index contributed by atoms with van der Waals surface area (Å²) in [6.45, 7) is 7.12. The summed E-state index contributed by atoms with van der Waals surface area (Å²) >= 11 is 0. The first-order chi connectivity index (χ1) is 44.2. The number of aliphatic hydroxyl groups is 3. The third kappa shape index (κ3) is 10.1. The van der Waals surface area contributed by atoms with Crippen LogP contribution in [-0.2, 0) is 36.3 Å². The van der Waals surface area contributed by atoms with E-state index in [4.69, 9.17) is 9.47 Å². The molecule has 0 amide bonds. The van der Waals surface area contributed by atoms with Crippen LogP contribution in [0.2, 0.25) is 0 Å². The van der Waals surface area contributed by atoms with Crippen molar-refractivity contribution in [2.24, 2.45) is 57.7 Å². The monoisotopic (exact) mass is 1230 g/mol. The Balaban J connectivity index is 0.824. The van der Waals surface area contributed by atoms with Crippen molar-refractivity contribution >= 4 is 22.7 Å². The molecule has 9 aliphatic carbocycles. The first-order valence-corrected chi connectivity index (χ1v) is 37.1. The maximum atomic E-state index is 15.9. The molecule has 7 saturated carbocycles. The lowest BCUT2D eigenvalue weighted by molar-refractivity contribution is -0.328. The van der Waals surface area contributed by atoms with Crippen molar-refractivity contribution in [1.29, 1.82) is 0 Å². The molecule has 7 heteroatoms. The van der Waals surface area contributed by atoms with E-state index >= 15 is 4.79 Å². The largest absolute Gasteiger partial charge is 0.462 e. The highest BCUT2D eigenvalue weighted by atomic mass is 16.5. The van der Waals surface area contributed by atoms with E-state index in [1.54, 1.807) is 33.7 Å². The number of cyclic esters (lactones) is 1. The number of fused-ring (bicyclic) bond motifs is 4. The molecule has 18 atom stereocenters. The molecule has 15 rings (SSSR count). The zero-order chi connectivity index (χ0) is 62.3. The van der Waals surface area contributed by atoms with Crippen molar-refractivity contribution in [3.05, 3.63) is 166 Å². The third-order valence-electron chi connectivity index (χ3n) is 28.8. The average Bonchev–Trinajstić information content (AvgIpc) is 1.67. The van der Waals surface area contributed by atoms with Gasteiger partial charge in [-0.25, -0.2) is 4.79 Å². The molecule has 10 aliphatic rings. The fourth-order valence-electron chi connectivity index (χ4n) is 24.8. The number of benzene rings is 5. The lowest BCUT2D eigenvalue weighted by atomic mass is 9.36. The maximum absolute atomic E-state index is 15.9. The molecule has 0 radical (unpaired) electrons. The molecular formula is C84H106O7. The molecule has 91 heavy (non-hydrogen) atoms. The highest BCUT2D eigenvalue weighted by Crippen LogP contribution is 2.77. The molecule has 0 bridgehead atoms. The molecule has 0 saturated heterocycles. The molecule has 1 spiro atoms. The molecule has 7 fully saturated rings. The van der Waals surface area contributed by atoms with Crippen LogP contribution in [-0.4, -0.2) is 57.8 Å². The summed E-state index contributed by atoms with van der Waals surface area (Å²) in [5, 5.41) is 45.3. The average molecular weight is 1230 g/mol. The van der Waals surface area contributed by atoms with Gasteiger partial charge < -0.3 is 24.8 Å². The summed E-state index contributed by atoms with van der Waals surface area (Å²) in [7, 11) is 0. The van der Waals surface area contributed by atoms with E-state index in [0.29, 0.717) is 61.2 Å². The van der Waals surface area contributed by atoms with Gasteiger partial charge in [0.05, 0.1) is 29.1 Å². The second-order valence-corrected chi connectivity index (χ2v) is 32.7. The normalized spacial score (nSPS) is 37.8. The minimum absolute atomic E-state index is 0.0458. The molecular weight excluding hydrogens is 1120 g/mol. The first kappa shape index (κ1) is 62.1. The summed E-state index contributed by atoms with van der Waals surface area (Å²) in [4.78, 5) is 28.7. The minimum Gasteiger partial charge on any atom is -0.462 e. The van der Waals surface area contributed by atoms with Gasteiger partial charge >= 0.3 is 11.9 Å². The van der Waals surface area contributed by atoms with Gasteiger partial charge in [0, 0.05) is 17.4 Å². The quantitative estimate of drug-likeness (QED) is 0.0795. The molecule has 7 nitrogen and oxygen atoms in total. The van der Waals surface area contributed by atoms with Crippen molar-refractivity contribution < 1.29 is 34.4 Å². The molecule has 0 aromatic heterocycles. The van der Waals surface area contributed by atoms with Crippen LogP contribution in [0.1, 0.15) is 252 Å². The number of hydrogen-bond donors (Lipinski definition) is 3. The van der Waals surface area contributed by atoms with E-state index in [1.165, 1.54) is 80.7 Å². The highest BCUT2D eigenvalue weighted by molar-refractivity contribution is 5.93. The van der Waals surface area contributed by atoms with Crippen molar-refractivity contribution in [1.82, 2.24) is 0 Å². The highest BCUT2D eigenvalue weighted by Gasteiger charge is 2.75. The number of aryl methyl sites for hydroxylation is 1. The Hall–Kier alpha value is -5.08. The van der Waals surface area contributed by atoms with Crippen molar-refractivity contribution in [3.63, 3.8) is 0 Å². The smallest absolute Gasteiger partial charge is 0.331 e. The topological polar surface area (TPSA) is 113 Å². The van der Waals surface area contributed by atoms with Gasteiger partial charge in [0.25, 0.3) is 0 Å². The Bertz CT molecular complexity index is 3460. The van der Waals surface area contributed by atoms with Gasteiger partial charge in [0.2, 0.25) is 0 Å². The molecule has 484 valence electrons. The lowest BCUT2D eigenvalue weighted by Crippen LogP contribution is -2.77. The second-order valence-electron chi connectivity index (χ2n) is 32.7. The van der Waals surface area contributed by atoms with Gasteiger partial charge in [-0.3, -0.25) is 4.79 Å². The number of carbonyl (C=O) groups excluding carboxylic acids is 2. The van der Waals surface area contributed by atoms with Crippen LogP contribution in [0.3, 0.4) is 0 Å². The Kier molecular flexibility index (Phi) is 16.8. The Morgan fingerprint density at radius 3 is 2.15 bits per heavy atom. The molecule has 1 heterocycles. The third-order valence-corrected chi connectivity index (χ3v) is 28.8. The summed E-state index contributed by atoms with van der Waals surface area (Å²) in [6.07, 6.45) is 27.0. The number of rotatable bonds is 17. The molecule has 3 N–H and O–H groups in total. The van der Waals surface area contributed by atoms with Gasteiger partial charge in [0.1, 0.15) is 12.7 Å². The van der Waals surface area contributed by atoms with E-state index in [2.05, 4.69) is 142 Å². The number of ether oxygens (including phenoxy) is 2. The fraction of sp³-hybridized carbons (Fsp3) is 0.619. The van der Waals surface area contributed by atoms with Crippen LogP contribution in [0.15, 0.2) is 133 Å².